The van der Waals surface area contributed by atoms with Gasteiger partial charge >= 0.3 is 0 Å². The summed E-state index contributed by atoms with van der Waals surface area (Å²) in [6, 6.07) is 9.79. The van der Waals surface area contributed by atoms with E-state index in [1.165, 1.54) is 6.42 Å². The molecule has 2 amide bonds. The molecule has 1 aromatic heterocycles. The second-order valence-corrected chi connectivity index (χ2v) is 9.61. The van der Waals surface area contributed by atoms with Crippen LogP contribution in [0.4, 0.5) is 5.69 Å². The van der Waals surface area contributed by atoms with Gasteiger partial charge in [-0.3, -0.25) is 9.59 Å². The molecule has 29 heavy (non-hydrogen) atoms. The second-order valence-electron chi connectivity index (χ2n) is 9.61. The fourth-order valence-corrected chi connectivity index (χ4v) is 6.57. The summed E-state index contributed by atoms with van der Waals surface area (Å²) in [6.07, 6.45) is 7.84. The molecule has 6 rings (SSSR count). The van der Waals surface area contributed by atoms with Crippen molar-refractivity contribution in [2.75, 3.05) is 5.32 Å². The van der Waals surface area contributed by atoms with Crippen LogP contribution in [0.2, 0.25) is 0 Å². The van der Waals surface area contributed by atoms with Crippen molar-refractivity contribution in [3.63, 3.8) is 0 Å². The van der Waals surface area contributed by atoms with E-state index in [4.69, 9.17) is 0 Å². The highest BCUT2D eigenvalue weighted by Gasteiger charge is 2.60. The van der Waals surface area contributed by atoms with Crippen LogP contribution in [-0.4, -0.2) is 27.1 Å². The molecule has 4 bridgehead atoms. The fraction of sp³-hybridized carbons (Fsp3) is 0.522. The van der Waals surface area contributed by atoms with Crippen LogP contribution < -0.4 is 10.6 Å². The topological polar surface area (TPSA) is 76.0 Å². The zero-order chi connectivity index (χ0) is 20.2. The zero-order valence-electron chi connectivity index (χ0n) is 17.1. The number of rotatable bonds is 4. The van der Waals surface area contributed by atoms with E-state index in [0.717, 1.165) is 49.2 Å². The Balaban J connectivity index is 1.34. The molecule has 2 aromatic rings. The molecule has 4 aliphatic carbocycles. The van der Waals surface area contributed by atoms with Gasteiger partial charge in [-0.05, 0) is 87.6 Å². The predicted octanol–water partition coefficient (Wildman–Crippen LogP) is 3.59. The van der Waals surface area contributed by atoms with Crippen LogP contribution in [0.15, 0.2) is 36.5 Å². The molecule has 2 N–H and O–H groups in total. The third kappa shape index (κ3) is 3.24. The minimum absolute atomic E-state index is 0.0203. The summed E-state index contributed by atoms with van der Waals surface area (Å²) >= 11 is 0. The molecule has 152 valence electrons. The summed E-state index contributed by atoms with van der Waals surface area (Å²) < 4.78 is 1.83. The first-order valence-corrected chi connectivity index (χ1v) is 10.6. The highest BCUT2D eigenvalue weighted by atomic mass is 16.2. The van der Waals surface area contributed by atoms with Crippen LogP contribution in [0.3, 0.4) is 0 Å². The third-order valence-electron chi connectivity index (χ3n) is 7.10. The maximum Gasteiger partial charge on any atom is 0.230 e. The van der Waals surface area contributed by atoms with Gasteiger partial charge < -0.3 is 10.6 Å². The lowest BCUT2D eigenvalue weighted by Gasteiger charge is -2.61. The SMILES string of the molecule is CC(=O)NC12C[C@H]3C[C@H](C1)CC(C(=O)Nc1ccc(-n4ccc(C)n4)cc1)(C3)C2. The Kier molecular flexibility index (Phi) is 4.09. The van der Waals surface area contributed by atoms with Crippen molar-refractivity contribution >= 4 is 17.5 Å². The number of hydrogen-bond acceptors (Lipinski definition) is 3. The lowest BCUT2D eigenvalue weighted by atomic mass is 9.46. The molecule has 1 aromatic carbocycles. The molecule has 0 unspecified atom stereocenters. The summed E-state index contributed by atoms with van der Waals surface area (Å²) in [6.45, 7) is 3.55. The van der Waals surface area contributed by atoms with Gasteiger partial charge in [0.2, 0.25) is 11.8 Å². The van der Waals surface area contributed by atoms with Crippen LogP contribution in [0.25, 0.3) is 5.69 Å². The minimum Gasteiger partial charge on any atom is -0.351 e. The molecule has 0 radical (unpaired) electrons. The molecule has 4 fully saturated rings. The normalized spacial score (nSPS) is 32.2. The van der Waals surface area contributed by atoms with Crippen molar-refractivity contribution in [1.29, 1.82) is 0 Å². The van der Waals surface area contributed by atoms with Gasteiger partial charge in [0.25, 0.3) is 0 Å². The molecular weight excluding hydrogens is 364 g/mol. The van der Waals surface area contributed by atoms with Crippen LogP contribution in [0, 0.1) is 24.2 Å². The largest absolute Gasteiger partial charge is 0.351 e. The van der Waals surface area contributed by atoms with Gasteiger partial charge in [0.1, 0.15) is 0 Å². The monoisotopic (exact) mass is 392 g/mol. The first-order chi connectivity index (χ1) is 13.8. The molecule has 0 spiro atoms. The van der Waals surface area contributed by atoms with Gasteiger partial charge in [0.05, 0.1) is 16.8 Å². The van der Waals surface area contributed by atoms with Crippen molar-refractivity contribution < 1.29 is 9.59 Å². The number of aromatic nitrogens is 2. The third-order valence-corrected chi connectivity index (χ3v) is 7.10. The van der Waals surface area contributed by atoms with E-state index in [2.05, 4.69) is 15.7 Å². The number of aryl methyl sites for hydroxylation is 1. The van der Waals surface area contributed by atoms with Crippen molar-refractivity contribution in [3.05, 3.63) is 42.2 Å². The molecule has 0 saturated heterocycles. The molecule has 4 saturated carbocycles. The van der Waals surface area contributed by atoms with Crippen LogP contribution in [-0.2, 0) is 9.59 Å². The molecule has 2 atom stereocenters. The van der Waals surface area contributed by atoms with E-state index in [9.17, 15) is 9.59 Å². The summed E-state index contributed by atoms with van der Waals surface area (Å²) in [5.74, 6) is 1.22. The number of benzene rings is 1. The van der Waals surface area contributed by atoms with E-state index in [1.807, 2.05) is 48.1 Å². The maximum absolute atomic E-state index is 13.4. The summed E-state index contributed by atoms with van der Waals surface area (Å²) in [5.41, 5.74) is 2.21. The standard InChI is InChI=1S/C23H28N4O2/c1-15-7-8-27(26-15)20-5-3-19(4-6-20)24-21(29)22-10-17-9-18(11-22)13-23(12-17,14-22)25-16(2)28/h3-8,17-18H,9-14H2,1-2H3,(H,24,29)(H,25,28)/t17-,18-,22?,23?/m0/s1. The van der Waals surface area contributed by atoms with Crippen LogP contribution >= 0.6 is 0 Å². The Labute approximate surface area is 171 Å². The molecule has 6 heteroatoms. The van der Waals surface area contributed by atoms with Gasteiger partial charge in [-0.15, -0.1) is 0 Å². The summed E-state index contributed by atoms with van der Waals surface area (Å²) in [4.78, 5) is 25.2. The molecule has 4 aliphatic rings. The van der Waals surface area contributed by atoms with Crippen LogP contribution in [0.1, 0.15) is 51.1 Å². The Bertz CT molecular complexity index is 948. The number of carbonyl (C=O) groups is 2. The number of nitrogens with zero attached hydrogens (tertiary/aromatic N) is 2. The van der Waals surface area contributed by atoms with E-state index in [-0.39, 0.29) is 22.8 Å². The fourth-order valence-electron chi connectivity index (χ4n) is 6.57. The van der Waals surface area contributed by atoms with Gasteiger partial charge in [-0.1, -0.05) is 0 Å². The molecule has 0 aliphatic heterocycles. The van der Waals surface area contributed by atoms with E-state index < -0.39 is 0 Å². The number of amides is 2. The zero-order valence-corrected chi connectivity index (χ0v) is 17.1. The van der Waals surface area contributed by atoms with E-state index in [1.54, 1.807) is 6.92 Å². The highest BCUT2D eigenvalue weighted by molar-refractivity contribution is 5.96. The average Bonchev–Trinajstić information content (AvgIpc) is 3.06. The lowest BCUT2D eigenvalue weighted by Crippen LogP contribution is -2.65. The Morgan fingerprint density at radius 3 is 2.34 bits per heavy atom. The summed E-state index contributed by atoms with van der Waals surface area (Å²) in [7, 11) is 0. The molecular formula is C23H28N4O2. The Hall–Kier alpha value is -2.63. The first kappa shape index (κ1) is 18.4. The number of nitrogens with one attached hydrogen (secondary N) is 2. The number of hydrogen-bond donors (Lipinski definition) is 2. The Morgan fingerprint density at radius 2 is 1.76 bits per heavy atom. The van der Waals surface area contributed by atoms with Gasteiger partial charge in [0.15, 0.2) is 0 Å². The van der Waals surface area contributed by atoms with E-state index >= 15 is 0 Å². The van der Waals surface area contributed by atoms with E-state index in [0.29, 0.717) is 11.8 Å². The second kappa shape index (κ2) is 6.44. The Morgan fingerprint density at radius 1 is 1.07 bits per heavy atom. The summed E-state index contributed by atoms with van der Waals surface area (Å²) in [5, 5.41) is 10.8. The molecule has 6 nitrogen and oxygen atoms in total. The van der Waals surface area contributed by atoms with Crippen molar-refractivity contribution in [3.8, 4) is 5.69 Å². The van der Waals surface area contributed by atoms with Gasteiger partial charge in [-0.2, -0.15) is 5.10 Å². The lowest BCUT2D eigenvalue weighted by molar-refractivity contribution is -0.148. The number of carbonyl (C=O) groups excluding carboxylic acids is 2. The van der Waals surface area contributed by atoms with Gasteiger partial charge in [-0.25, -0.2) is 4.68 Å². The minimum atomic E-state index is -0.357. The highest BCUT2D eigenvalue weighted by Crippen LogP contribution is 2.61. The first-order valence-electron chi connectivity index (χ1n) is 10.6. The van der Waals surface area contributed by atoms with Crippen LogP contribution in [0.5, 0.6) is 0 Å². The predicted molar refractivity (Wildman–Crippen MR) is 111 cm³/mol. The number of anilines is 1. The van der Waals surface area contributed by atoms with Crippen molar-refractivity contribution in [2.45, 2.75) is 57.9 Å². The van der Waals surface area contributed by atoms with Crippen molar-refractivity contribution in [1.82, 2.24) is 15.1 Å². The smallest absolute Gasteiger partial charge is 0.230 e. The maximum atomic E-state index is 13.4. The molecule has 1 heterocycles. The van der Waals surface area contributed by atoms with Gasteiger partial charge in [0, 0.05) is 24.3 Å². The van der Waals surface area contributed by atoms with Crippen molar-refractivity contribution in [2.24, 2.45) is 17.3 Å². The quantitative estimate of drug-likeness (QED) is 0.835. The average molecular weight is 393 g/mol.